The zero-order valence-electron chi connectivity index (χ0n) is 17.2. The summed E-state index contributed by atoms with van der Waals surface area (Å²) in [5.41, 5.74) is 3.58. The van der Waals surface area contributed by atoms with Crippen LogP contribution in [0.4, 0.5) is 10.1 Å². The van der Waals surface area contributed by atoms with Crippen LogP contribution in [0.2, 0.25) is 5.02 Å². The van der Waals surface area contributed by atoms with Gasteiger partial charge in [0.25, 0.3) is 11.8 Å². The third kappa shape index (κ3) is 4.32. The maximum atomic E-state index is 13.3. The molecule has 2 aromatic carbocycles. The number of aromatic nitrogens is 2. The van der Waals surface area contributed by atoms with Gasteiger partial charge in [0.05, 0.1) is 16.4 Å². The zero-order valence-corrected chi connectivity index (χ0v) is 18.0. The van der Waals surface area contributed by atoms with E-state index in [0.717, 1.165) is 30.5 Å². The van der Waals surface area contributed by atoms with Gasteiger partial charge in [-0.1, -0.05) is 11.6 Å². The fraction of sp³-hybridized carbons (Fsp3) is 0.261. The van der Waals surface area contributed by atoms with Gasteiger partial charge in [0.2, 0.25) is 0 Å². The number of nitrogens with one attached hydrogen (secondary N) is 2. The first kappa shape index (κ1) is 21.1. The van der Waals surface area contributed by atoms with Gasteiger partial charge in [0.15, 0.2) is 5.69 Å². The van der Waals surface area contributed by atoms with Gasteiger partial charge in [-0.2, -0.15) is 5.10 Å². The van der Waals surface area contributed by atoms with Crippen LogP contribution in [0.25, 0.3) is 5.69 Å². The van der Waals surface area contributed by atoms with E-state index < -0.39 is 5.91 Å². The summed E-state index contributed by atoms with van der Waals surface area (Å²) in [6, 6.07) is 10.7. The Morgan fingerprint density at radius 2 is 1.84 bits per heavy atom. The monoisotopic (exact) mass is 440 g/mol. The lowest BCUT2D eigenvalue weighted by molar-refractivity contribution is 0.0941. The number of benzene rings is 2. The molecule has 1 aromatic heterocycles. The van der Waals surface area contributed by atoms with E-state index in [2.05, 4.69) is 15.7 Å². The second-order valence-corrected chi connectivity index (χ2v) is 8.20. The Balaban J connectivity index is 1.63. The average molecular weight is 441 g/mol. The smallest absolute Gasteiger partial charge is 0.276 e. The highest BCUT2D eigenvalue weighted by Gasteiger charge is 2.27. The zero-order chi connectivity index (χ0) is 22.1. The van der Waals surface area contributed by atoms with Gasteiger partial charge in [0.1, 0.15) is 5.82 Å². The SMILES string of the molecule is CC(C)NC(=O)c1ccc(Cl)c(NC(=O)c2nn(-c3ccc(F)cc3)c3c2CCC3)c1. The number of nitrogens with zero attached hydrogens (tertiary/aromatic N) is 2. The number of carbonyl (C=O) groups excluding carboxylic acids is 2. The third-order valence-corrected chi connectivity index (χ3v) is 5.44. The van der Waals surface area contributed by atoms with Crippen LogP contribution < -0.4 is 10.6 Å². The van der Waals surface area contributed by atoms with Crippen molar-refractivity contribution in [2.45, 2.75) is 39.2 Å². The number of hydrogen-bond donors (Lipinski definition) is 2. The van der Waals surface area contributed by atoms with E-state index >= 15 is 0 Å². The predicted octanol–water partition coefficient (Wildman–Crippen LogP) is 4.54. The fourth-order valence-corrected chi connectivity index (χ4v) is 3.87. The van der Waals surface area contributed by atoms with Crippen molar-refractivity contribution in [3.8, 4) is 5.69 Å². The Hall–Kier alpha value is -3.19. The molecule has 4 rings (SSSR count). The standard InChI is InChI=1S/C23H22ClFN4O2/c1-13(2)26-22(30)14-6-11-18(24)19(12-14)27-23(31)21-17-4-3-5-20(17)29(28-21)16-9-7-15(25)8-10-16/h6-13H,3-5H2,1-2H3,(H,26,30)(H,27,31). The molecule has 0 saturated carbocycles. The summed E-state index contributed by atoms with van der Waals surface area (Å²) in [6.07, 6.45) is 2.45. The normalized spacial score (nSPS) is 12.7. The van der Waals surface area contributed by atoms with E-state index in [1.165, 1.54) is 12.1 Å². The average Bonchev–Trinajstić information content (AvgIpc) is 3.32. The van der Waals surface area contributed by atoms with Crippen LogP contribution in [0.3, 0.4) is 0 Å². The van der Waals surface area contributed by atoms with Gasteiger partial charge in [-0.15, -0.1) is 0 Å². The van der Waals surface area contributed by atoms with Crippen molar-refractivity contribution in [1.82, 2.24) is 15.1 Å². The Labute approximate surface area is 184 Å². The van der Waals surface area contributed by atoms with E-state index in [-0.39, 0.29) is 17.8 Å². The van der Waals surface area contributed by atoms with Gasteiger partial charge in [-0.3, -0.25) is 9.59 Å². The summed E-state index contributed by atoms with van der Waals surface area (Å²) in [5, 5.41) is 10.4. The summed E-state index contributed by atoms with van der Waals surface area (Å²) in [6.45, 7) is 3.74. The van der Waals surface area contributed by atoms with Crippen LogP contribution in [-0.2, 0) is 12.8 Å². The summed E-state index contributed by atoms with van der Waals surface area (Å²) in [5.74, 6) is -0.979. The molecule has 0 radical (unpaired) electrons. The molecule has 0 unspecified atom stereocenters. The molecule has 3 aromatic rings. The summed E-state index contributed by atoms with van der Waals surface area (Å²) in [7, 11) is 0. The molecule has 0 bridgehead atoms. The molecule has 0 atom stereocenters. The van der Waals surface area contributed by atoms with Crippen molar-refractivity contribution in [3.05, 3.63) is 75.8 Å². The molecule has 0 saturated heterocycles. The maximum absolute atomic E-state index is 13.3. The number of halogens is 2. The highest BCUT2D eigenvalue weighted by Crippen LogP contribution is 2.29. The van der Waals surface area contributed by atoms with Gasteiger partial charge in [0, 0.05) is 22.9 Å². The van der Waals surface area contributed by atoms with Crippen LogP contribution in [0.5, 0.6) is 0 Å². The lowest BCUT2D eigenvalue weighted by Crippen LogP contribution is -2.30. The Kier molecular flexibility index (Phi) is 5.78. The molecule has 1 aliphatic carbocycles. The minimum Gasteiger partial charge on any atom is -0.350 e. The van der Waals surface area contributed by atoms with E-state index in [1.807, 2.05) is 13.8 Å². The van der Waals surface area contributed by atoms with E-state index in [9.17, 15) is 14.0 Å². The summed E-state index contributed by atoms with van der Waals surface area (Å²) >= 11 is 6.26. The molecule has 160 valence electrons. The van der Waals surface area contributed by atoms with Crippen LogP contribution in [0, 0.1) is 5.82 Å². The molecule has 1 aliphatic rings. The number of carbonyl (C=O) groups is 2. The Morgan fingerprint density at radius 1 is 1.10 bits per heavy atom. The molecular weight excluding hydrogens is 419 g/mol. The molecule has 6 nitrogen and oxygen atoms in total. The number of amides is 2. The minimum absolute atomic E-state index is 0.0146. The highest BCUT2D eigenvalue weighted by molar-refractivity contribution is 6.34. The quantitative estimate of drug-likeness (QED) is 0.611. The first-order chi connectivity index (χ1) is 14.8. The van der Waals surface area contributed by atoms with Gasteiger partial charge >= 0.3 is 0 Å². The third-order valence-electron chi connectivity index (χ3n) is 5.11. The number of fused-ring (bicyclic) bond motifs is 1. The molecule has 2 amide bonds. The van der Waals surface area contributed by atoms with Crippen LogP contribution >= 0.6 is 11.6 Å². The Morgan fingerprint density at radius 3 is 2.55 bits per heavy atom. The fourth-order valence-electron chi connectivity index (χ4n) is 3.70. The number of hydrogen-bond acceptors (Lipinski definition) is 3. The van der Waals surface area contributed by atoms with Gasteiger partial charge in [-0.25, -0.2) is 9.07 Å². The predicted molar refractivity (Wildman–Crippen MR) is 118 cm³/mol. The van der Waals surface area contributed by atoms with Gasteiger partial charge in [-0.05, 0) is 75.6 Å². The van der Waals surface area contributed by atoms with Crippen LogP contribution in [0.15, 0.2) is 42.5 Å². The second-order valence-electron chi connectivity index (χ2n) is 7.79. The molecule has 31 heavy (non-hydrogen) atoms. The maximum Gasteiger partial charge on any atom is 0.276 e. The highest BCUT2D eigenvalue weighted by atomic mass is 35.5. The molecule has 8 heteroatoms. The molecule has 0 spiro atoms. The first-order valence-corrected chi connectivity index (χ1v) is 10.5. The van der Waals surface area contributed by atoms with E-state index in [1.54, 1.807) is 35.0 Å². The largest absolute Gasteiger partial charge is 0.350 e. The lowest BCUT2D eigenvalue weighted by atomic mass is 10.1. The van der Waals surface area contributed by atoms with Crippen LogP contribution in [0.1, 0.15) is 52.4 Å². The van der Waals surface area contributed by atoms with Crippen LogP contribution in [-0.4, -0.2) is 27.6 Å². The molecule has 2 N–H and O–H groups in total. The Bertz CT molecular complexity index is 1160. The number of rotatable bonds is 5. The van der Waals surface area contributed by atoms with Gasteiger partial charge < -0.3 is 10.6 Å². The molecular formula is C23H22ClFN4O2. The van der Waals surface area contributed by atoms with Crippen molar-refractivity contribution in [3.63, 3.8) is 0 Å². The molecule has 1 heterocycles. The van der Waals surface area contributed by atoms with Crippen molar-refractivity contribution in [1.29, 1.82) is 0 Å². The number of anilines is 1. The summed E-state index contributed by atoms with van der Waals surface area (Å²) in [4.78, 5) is 25.4. The van der Waals surface area contributed by atoms with E-state index in [4.69, 9.17) is 11.6 Å². The second kappa shape index (κ2) is 8.51. The first-order valence-electron chi connectivity index (χ1n) is 10.1. The summed E-state index contributed by atoms with van der Waals surface area (Å²) < 4.78 is 15.0. The molecule has 0 aliphatic heterocycles. The van der Waals surface area contributed by atoms with Crippen molar-refractivity contribution >= 4 is 29.1 Å². The van der Waals surface area contributed by atoms with Crippen molar-refractivity contribution < 1.29 is 14.0 Å². The minimum atomic E-state index is -0.401. The molecule has 0 fully saturated rings. The topological polar surface area (TPSA) is 76.0 Å². The van der Waals surface area contributed by atoms with Crippen molar-refractivity contribution in [2.24, 2.45) is 0 Å². The van der Waals surface area contributed by atoms with Crippen molar-refractivity contribution in [2.75, 3.05) is 5.32 Å². The lowest BCUT2D eigenvalue weighted by Gasteiger charge is -2.11. The van der Waals surface area contributed by atoms with E-state index in [0.29, 0.717) is 27.7 Å².